The summed E-state index contributed by atoms with van der Waals surface area (Å²) in [6.07, 6.45) is 8.36. The smallest absolute Gasteiger partial charge is 0.173 e. The topological polar surface area (TPSA) is 30.5 Å². The SMILES string of the molecule is COC(CNC1=CC=CCC1)OC. The molecule has 0 fully saturated rings. The van der Waals surface area contributed by atoms with E-state index in [9.17, 15) is 0 Å². The molecule has 1 aliphatic carbocycles. The van der Waals surface area contributed by atoms with E-state index in [0.717, 1.165) is 12.8 Å². The highest BCUT2D eigenvalue weighted by molar-refractivity contribution is 5.16. The monoisotopic (exact) mass is 183 g/mol. The standard InChI is InChI=1S/C10H17NO2/c1-12-10(13-2)8-11-9-6-4-3-5-7-9/h3-4,6,10-11H,5,7-8H2,1-2H3. The van der Waals surface area contributed by atoms with Crippen molar-refractivity contribution < 1.29 is 9.47 Å². The largest absolute Gasteiger partial charge is 0.383 e. The van der Waals surface area contributed by atoms with Crippen LogP contribution in [-0.2, 0) is 9.47 Å². The third kappa shape index (κ3) is 3.61. The van der Waals surface area contributed by atoms with Gasteiger partial charge in [0.2, 0.25) is 0 Å². The number of hydrogen-bond acceptors (Lipinski definition) is 3. The van der Waals surface area contributed by atoms with Crippen LogP contribution in [0, 0.1) is 0 Å². The number of nitrogens with one attached hydrogen (secondary N) is 1. The van der Waals surface area contributed by atoms with Crippen molar-refractivity contribution in [2.75, 3.05) is 20.8 Å². The van der Waals surface area contributed by atoms with Crippen molar-refractivity contribution in [2.45, 2.75) is 19.1 Å². The zero-order valence-corrected chi connectivity index (χ0v) is 8.25. The Morgan fingerprint density at radius 3 is 2.77 bits per heavy atom. The van der Waals surface area contributed by atoms with E-state index >= 15 is 0 Å². The lowest BCUT2D eigenvalue weighted by atomic mass is 10.1. The first kappa shape index (κ1) is 10.3. The number of rotatable bonds is 5. The van der Waals surface area contributed by atoms with E-state index in [-0.39, 0.29) is 6.29 Å². The van der Waals surface area contributed by atoms with E-state index in [1.54, 1.807) is 14.2 Å². The average molecular weight is 183 g/mol. The lowest BCUT2D eigenvalue weighted by Gasteiger charge is -2.17. The molecule has 0 unspecified atom stereocenters. The Balaban J connectivity index is 2.24. The first-order chi connectivity index (χ1) is 6.36. The molecule has 3 heteroatoms. The van der Waals surface area contributed by atoms with Crippen LogP contribution in [0.15, 0.2) is 23.9 Å². The Labute approximate surface area is 79.4 Å². The van der Waals surface area contributed by atoms with Gasteiger partial charge in [-0.3, -0.25) is 0 Å². The maximum atomic E-state index is 5.06. The van der Waals surface area contributed by atoms with Gasteiger partial charge in [0.05, 0.1) is 6.54 Å². The van der Waals surface area contributed by atoms with Crippen molar-refractivity contribution in [1.82, 2.24) is 5.32 Å². The Bertz CT molecular complexity index is 195. The molecular formula is C10H17NO2. The van der Waals surface area contributed by atoms with Gasteiger partial charge in [-0.15, -0.1) is 0 Å². The molecule has 0 amide bonds. The summed E-state index contributed by atoms with van der Waals surface area (Å²) in [5, 5.41) is 3.28. The molecule has 0 saturated carbocycles. The molecule has 13 heavy (non-hydrogen) atoms. The van der Waals surface area contributed by atoms with Crippen LogP contribution in [0.1, 0.15) is 12.8 Å². The van der Waals surface area contributed by atoms with Crippen LogP contribution in [0.25, 0.3) is 0 Å². The van der Waals surface area contributed by atoms with Crippen molar-refractivity contribution in [1.29, 1.82) is 0 Å². The van der Waals surface area contributed by atoms with E-state index in [0.29, 0.717) is 6.54 Å². The second-order valence-corrected chi connectivity index (χ2v) is 2.94. The van der Waals surface area contributed by atoms with Crippen molar-refractivity contribution in [2.24, 2.45) is 0 Å². The lowest BCUT2D eigenvalue weighted by molar-refractivity contribution is -0.0976. The molecule has 3 nitrogen and oxygen atoms in total. The Morgan fingerprint density at radius 2 is 2.23 bits per heavy atom. The first-order valence-corrected chi connectivity index (χ1v) is 4.52. The minimum absolute atomic E-state index is 0.160. The Hall–Kier alpha value is -0.800. The van der Waals surface area contributed by atoms with Crippen LogP contribution in [0.2, 0.25) is 0 Å². The molecule has 0 radical (unpaired) electrons. The molecule has 0 aromatic rings. The van der Waals surface area contributed by atoms with E-state index in [1.165, 1.54) is 5.70 Å². The van der Waals surface area contributed by atoms with Crippen LogP contribution in [0.3, 0.4) is 0 Å². The number of allylic oxidation sites excluding steroid dienone is 4. The normalized spacial score (nSPS) is 16.1. The highest BCUT2D eigenvalue weighted by Gasteiger charge is 2.05. The fourth-order valence-corrected chi connectivity index (χ4v) is 1.23. The summed E-state index contributed by atoms with van der Waals surface area (Å²) < 4.78 is 10.1. The van der Waals surface area contributed by atoms with Crippen LogP contribution in [-0.4, -0.2) is 27.1 Å². The highest BCUT2D eigenvalue weighted by Crippen LogP contribution is 2.08. The van der Waals surface area contributed by atoms with Gasteiger partial charge in [0.25, 0.3) is 0 Å². The maximum absolute atomic E-state index is 5.06. The molecule has 74 valence electrons. The fourth-order valence-electron chi connectivity index (χ4n) is 1.23. The second kappa shape index (κ2) is 5.78. The van der Waals surface area contributed by atoms with E-state index in [2.05, 4.69) is 23.5 Å². The van der Waals surface area contributed by atoms with Gasteiger partial charge >= 0.3 is 0 Å². The molecule has 1 N–H and O–H groups in total. The van der Waals surface area contributed by atoms with Crippen molar-refractivity contribution in [3.8, 4) is 0 Å². The van der Waals surface area contributed by atoms with Crippen LogP contribution in [0.4, 0.5) is 0 Å². The van der Waals surface area contributed by atoms with Gasteiger partial charge < -0.3 is 14.8 Å². The number of ether oxygens (including phenoxy) is 2. The lowest BCUT2D eigenvalue weighted by Crippen LogP contribution is -2.29. The van der Waals surface area contributed by atoms with Gasteiger partial charge in [0.15, 0.2) is 6.29 Å². The number of methoxy groups -OCH3 is 2. The molecule has 0 atom stereocenters. The second-order valence-electron chi connectivity index (χ2n) is 2.94. The molecule has 0 saturated heterocycles. The van der Waals surface area contributed by atoms with Crippen LogP contribution >= 0.6 is 0 Å². The van der Waals surface area contributed by atoms with Crippen LogP contribution < -0.4 is 5.32 Å². The Morgan fingerprint density at radius 1 is 1.46 bits per heavy atom. The molecule has 0 bridgehead atoms. The minimum Gasteiger partial charge on any atom is -0.383 e. The number of hydrogen-bond donors (Lipinski definition) is 1. The zero-order chi connectivity index (χ0) is 9.52. The molecule has 0 heterocycles. The van der Waals surface area contributed by atoms with Gasteiger partial charge in [-0.05, 0) is 18.9 Å². The first-order valence-electron chi connectivity index (χ1n) is 4.52. The maximum Gasteiger partial charge on any atom is 0.173 e. The minimum atomic E-state index is -0.160. The predicted octanol–water partition coefficient (Wildman–Crippen LogP) is 1.43. The summed E-state index contributed by atoms with van der Waals surface area (Å²) in [5.41, 5.74) is 1.25. The highest BCUT2D eigenvalue weighted by atomic mass is 16.7. The third-order valence-electron chi connectivity index (χ3n) is 2.04. The zero-order valence-electron chi connectivity index (χ0n) is 8.25. The average Bonchev–Trinajstić information content (AvgIpc) is 2.21. The summed E-state index contributed by atoms with van der Waals surface area (Å²) in [7, 11) is 3.29. The molecule has 1 aliphatic rings. The summed E-state index contributed by atoms with van der Waals surface area (Å²) in [6, 6.07) is 0. The van der Waals surface area contributed by atoms with Crippen molar-refractivity contribution in [3.63, 3.8) is 0 Å². The third-order valence-corrected chi connectivity index (χ3v) is 2.04. The molecule has 1 rings (SSSR count). The molecule has 0 spiro atoms. The molecule has 0 aromatic carbocycles. The van der Waals surface area contributed by atoms with Gasteiger partial charge in [-0.1, -0.05) is 12.2 Å². The van der Waals surface area contributed by atoms with Crippen molar-refractivity contribution >= 4 is 0 Å². The van der Waals surface area contributed by atoms with Gasteiger partial charge in [-0.2, -0.15) is 0 Å². The molecule has 0 aromatic heterocycles. The van der Waals surface area contributed by atoms with Crippen molar-refractivity contribution in [3.05, 3.63) is 23.9 Å². The predicted molar refractivity (Wildman–Crippen MR) is 52.3 cm³/mol. The molecular weight excluding hydrogens is 166 g/mol. The summed E-state index contributed by atoms with van der Waals surface area (Å²) in [4.78, 5) is 0. The van der Waals surface area contributed by atoms with Gasteiger partial charge in [-0.25, -0.2) is 0 Å². The van der Waals surface area contributed by atoms with E-state index in [1.807, 2.05) is 0 Å². The van der Waals surface area contributed by atoms with E-state index < -0.39 is 0 Å². The quantitative estimate of drug-likeness (QED) is 0.654. The fraction of sp³-hybridized carbons (Fsp3) is 0.600. The Kier molecular flexibility index (Phi) is 4.57. The van der Waals surface area contributed by atoms with Gasteiger partial charge in [0.1, 0.15) is 0 Å². The molecule has 0 aliphatic heterocycles. The summed E-state index contributed by atoms with van der Waals surface area (Å²) in [5.74, 6) is 0. The van der Waals surface area contributed by atoms with Crippen LogP contribution in [0.5, 0.6) is 0 Å². The summed E-state index contributed by atoms with van der Waals surface area (Å²) in [6.45, 7) is 0.701. The van der Waals surface area contributed by atoms with E-state index in [4.69, 9.17) is 9.47 Å². The van der Waals surface area contributed by atoms with Gasteiger partial charge in [0, 0.05) is 19.9 Å². The summed E-state index contributed by atoms with van der Waals surface area (Å²) >= 11 is 0.